The van der Waals surface area contributed by atoms with Gasteiger partial charge in [-0.25, -0.2) is 0 Å². The fourth-order valence-electron chi connectivity index (χ4n) is 2.61. The molecule has 0 aliphatic rings. The topological polar surface area (TPSA) is 42.0 Å². The summed E-state index contributed by atoms with van der Waals surface area (Å²) in [7, 11) is 3.31. The average molecular weight is 389 g/mol. The summed E-state index contributed by atoms with van der Waals surface area (Å²) < 4.78 is 0. The molecular weight excluding hydrogens is 372 g/mol. The van der Waals surface area contributed by atoms with Crippen LogP contribution in [0.5, 0.6) is 0 Å². The van der Waals surface area contributed by atoms with Gasteiger partial charge in [0.15, 0.2) is 0 Å². The average Bonchev–Trinajstić information content (AvgIpc) is 2.63. The van der Waals surface area contributed by atoms with Crippen molar-refractivity contribution in [2.24, 2.45) is 0 Å². The number of amides is 1. The van der Waals surface area contributed by atoms with Gasteiger partial charge < -0.3 is 5.32 Å². The van der Waals surface area contributed by atoms with Gasteiger partial charge in [0.2, 0.25) is 0 Å². The second-order valence-corrected chi connectivity index (χ2v) is 8.21. The Bertz CT molecular complexity index is 901. The molecule has 0 unspecified atom stereocenters. The minimum absolute atomic E-state index is 0.0919. The lowest BCUT2D eigenvalue weighted by Crippen LogP contribution is -2.26. The van der Waals surface area contributed by atoms with Gasteiger partial charge in [0.05, 0.1) is 11.1 Å². The van der Waals surface area contributed by atoms with Gasteiger partial charge in [-0.05, 0) is 36.4 Å². The van der Waals surface area contributed by atoms with Crippen molar-refractivity contribution < 1.29 is 4.79 Å². The molecule has 0 atom stereocenters. The number of rotatable bonds is 6. The third-order valence-corrected chi connectivity index (χ3v) is 5.87. The van der Waals surface area contributed by atoms with Gasteiger partial charge in [-0.15, -0.1) is 0 Å². The van der Waals surface area contributed by atoms with E-state index in [0.29, 0.717) is 18.5 Å². The van der Waals surface area contributed by atoms with Crippen LogP contribution in [-0.4, -0.2) is 23.7 Å². The Kier molecular flexibility index (Phi) is 6.24. The Hall–Kier alpha value is -1.69. The standard InChI is InChI=1S/C19H17ClN2OS2/c1-24-25-17-8-4-6-14-15(10-12-21-18(14)17)19(23)22-11-9-13-5-2-3-7-16(13)20/h2-8,10,12H,9,11H2,1H3,(H,22,23). The number of benzene rings is 2. The molecule has 1 N–H and O–H groups in total. The van der Waals surface area contributed by atoms with E-state index < -0.39 is 0 Å². The summed E-state index contributed by atoms with van der Waals surface area (Å²) in [5, 5.41) is 4.58. The molecule has 3 rings (SSSR count). The van der Waals surface area contributed by atoms with Gasteiger partial charge in [0.25, 0.3) is 5.91 Å². The zero-order chi connectivity index (χ0) is 17.6. The number of nitrogens with one attached hydrogen (secondary N) is 1. The van der Waals surface area contributed by atoms with Gasteiger partial charge in [0.1, 0.15) is 0 Å². The van der Waals surface area contributed by atoms with Crippen molar-refractivity contribution in [3.8, 4) is 0 Å². The summed E-state index contributed by atoms with van der Waals surface area (Å²) in [5.41, 5.74) is 2.54. The molecule has 1 heterocycles. The van der Waals surface area contributed by atoms with Crippen LogP contribution in [0.1, 0.15) is 15.9 Å². The van der Waals surface area contributed by atoms with Crippen molar-refractivity contribution in [2.75, 3.05) is 12.8 Å². The predicted octanol–water partition coefficient (Wildman–Crippen LogP) is 5.23. The van der Waals surface area contributed by atoms with Crippen LogP contribution in [0.2, 0.25) is 5.02 Å². The monoisotopic (exact) mass is 388 g/mol. The third-order valence-electron chi connectivity index (χ3n) is 3.79. The van der Waals surface area contributed by atoms with E-state index >= 15 is 0 Å². The minimum atomic E-state index is -0.0919. The fourth-order valence-corrected chi connectivity index (χ4v) is 4.34. The predicted molar refractivity (Wildman–Crippen MR) is 109 cm³/mol. The van der Waals surface area contributed by atoms with Crippen LogP contribution in [-0.2, 0) is 6.42 Å². The van der Waals surface area contributed by atoms with Crippen LogP contribution >= 0.6 is 33.2 Å². The molecule has 3 nitrogen and oxygen atoms in total. The number of fused-ring (bicyclic) bond motifs is 1. The van der Waals surface area contributed by atoms with Crippen molar-refractivity contribution >= 4 is 50.0 Å². The molecule has 0 saturated heterocycles. The van der Waals surface area contributed by atoms with Gasteiger partial charge in [-0.1, -0.05) is 63.5 Å². The summed E-state index contributed by atoms with van der Waals surface area (Å²) in [4.78, 5) is 18.1. The molecule has 0 bridgehead atoms. The van der Waals surface area contributed by atoms with E-state index in [-0.39, 0.29) is 5.91 Å². The number of hydrogen-bond donors (Lipinski definition) is 1. The van der Waals surface area contributed by atoms with E-state index in [2.05, 4.69) is 10.3 Å². The maximum Gasteiger partial charge on any atom is 0.252 e. The summed E-state index contributed by atoms with van der Waals surface area (Å²) >= 11 is 6.16. The molecule has 1 amide bonds. The SMILES string of the molecule is CSSc1cccc2c(C(=O)NCCc3ccccc3Cl)ccnc12. The van der Waals surface area contributed by atoms with Crippen LogP contribution in [0.4, 0.5) is 0 Å². The minimum Gasteiger partial charge on any atom is -0.352 e. The molecule has 25 heavy (non-hydrogen) atoms. The summed E-state index contributed by atoms with van der Waals surface area (Å²) in [6.07, 6.45) is 4.41. The lowest BCUT2D eigenvalue weighted by molar-refractivity contribution is 0.0955. The Labute approximate surface area is 160 Å². The van der Waals surface area contributed by atoms with Crippen LogP contribution in [0, 0.1) is 0 Å². The van der Waals surface area contributed by atoms with Crippen molar-refractivity contribution in [3.63, 3.8) is 0 Å². The number of carbonyl (C=O) groups is 1. The molecule has 0 radical (unpaired) electrons. The van der Waals surface area contributed by atoms with Gasteiger partial charge in [-0.2, -0.15) is 0 Å². The van der Waals surface area contributed by atoms with E-state index in [1.165, 1.54) is 0 Å². The maximum atomic E-state index is 12.6. The van der Waals surface area contributed by atoms with Crippen LogP contribution in [0.25, 0.3) is 10.9 Å². The first-order valence-corrected chi connectivity index (χ1v) is 10.7. The van der Waals surface area contributed by atoms with Gasteiger partial charge in [-0.3, -0.25) is 9.78 Å². The number of hydrogen-bond acceptors (Lipinski definition) is 4. The zero-order valence-electron chi connectivity index (χ0n) is 13.7. The second kappa shape index (κ2) is 8.61. The number of carbonyl (C=O) groups excluding carboxylic acids is 1. The molecule has 0 saturated carbocycles. The highest BCUT2D eigenvalue weighted by atomic mass is 35.5. The van der Waals surface area contributed by atoms with Gasteiger partial charge >= 0.3 is 0 Å². The van der Waals surface area contributed by atoms with Crippen molar-refractivity contribution in [2.45, 2.75) is 11.3 Å². The normalized spacial score (nSPS) is 10.8. The first kappa shape index (κ1) is 18.1. The quantitative estimate of drug-likeness (QED) is 0.587. The van der Waals surface area contributed by atoms with Crippen molar-refractivity contribution in [1.29, 1.82) is 0 Å². The van der Waals surface area contributed by atoms with Crippen molar-refractivity contribution in [3.05, 3.63) is 70.9 Å². The van der Waals surface area contributed by atoms with Crippen LogP contribution in [0.3, 0.4) is 0 Å². The summed E-state index contributed by atoms with van der Waals surface area (Å²) in [6.45, 7) is 0.533. The number of pyridine rings is 1. The second-order valence-electron chi connectivity index (χ2n) is 5.36. The summed E-state index contributed by atoms with van der Waals surface area (Å²) in [5.74, 6) is -0.0919. The fraction of sp³-hybridized carbons (Fsp3) is 0.158. The van der Waals surface area contributed by atoms with Crippen LogP contribution in [0.15, 0.2) is 59.6 Å². The van der Waals surface area contributed by atoms with Gasteiger partial charge in [0, 0.05) is 28.0 Å². The largest absolute Gasteiger partial charge is 0.352 e. The molecule has 0 spiro atoms. The van der Waals surface area contributed by atoms with Crippen LogP contribution < -0.4 is 5.32 Å². The molecule has 6 heteroatoms. The molecule has 0 fully saturated rings. The smallest absolute Gasteiger partial charge is 0.252 e. The molecule has 128 valence electrons. The zero-order valence-corrected chi connectivity index (χ0v) is 16.0. The first-order chi connectivity index (χ1) is 12.2. The number of aromatic nitrogens is 1. The molecule has 2 aromatic carbocycles. The molecule has 3 aromatic rings. The van der Waals surface area contributed by atoms with E-state index in [4.69, 9.17) is 11.6 Å². The molecular formula is C19H17ClN2OS2. The van der Waals surface area contributed by atoms with Crippen molar-refractivity contribution in [1.82, 2.24) is 10.3 Å². The Morgan fingerprint density at radius 3 is 2.80 bits per heavy atom. The van der Waals surface area contributed by atoms with E-state index in [1.54, 1.807) is 33.9 Å². The third kappa shape index (κ3) is 4.29. The lowest BCUT2D eigenvalue weighted by Gasteiger charge is -2.10. The number of nitrogens with zero attached hydrogens (tertiary/aromatic N) is 1. The molecule has 1 aromatic heterocycles. The Morgan fingerprint density at radius 2 is 2.00 bits per heavy atom. The van der Waals surface area contributed by atoms with E-state index in [9.17, 15) is 4.79 Å². The maximum absolute atomic E-state index is 12.6. The molecule has 0 aliphatic carbocycles. The van der Waals surface area contributed by atoms with E-state index in [0.717, 1.165) is 26.4 Å². The highest BCUT2D eigenvalue weighted by Crippen LogP contribution is 2.34. The summed E-state index contributed by atoms with van der Waals surface area (Å²) in [6, 6.07) is 15.4. The van der Waals surface area contributed by atoms with E-state index in [1.807, 2.05) is 48.7 Å². The highest BCUT2D eigenvalue weighted by molar-refractivity contribution is 8.76. The molecule has 0 aliphatic heterocycles. The Balaban J connectivity index is 1.76. The number of para-hydroxylation sites is 1. The number of halogens is 1. The lowest BCUT2D eigenvalue weighted by atomic mass is 10.1. The highest BCUT2D eigenvalue weighted by Gasteiger charge is 2.12. The Morgan fingerprint density at radius 1 is 1.16 bits per heavy atom. The first-order valence-electron chi connectivity index (χ1n) is 7.80.